The van der Waals surface area contributed by atoms with E-state index in [-0.39, 0.29) is 30.1 Å². The van der Waals surface area contributed by atoms with Crippen LogP contribution in [0.15, 0.2) is 12.1 Å². The van der Waals surface area contributed by atoms with Crippen molar-refractivity contribution in [3.8, 4) is 17.2 Å². The molecule has 1 atom stereocenters. The highest BCUT2D eigenvalue weighted by Crippen LogP contribution is 2.42. The first-order chi connectivity index (χ1) is 16.9. The molecule has 0 radical (unpaired) electrons. The number of piperidine rings is 1. The first kappa shape index (κ1) is 25.1. The number of ether oxygens (including phenoxy) is 3. The third-order valence-corrected chi connectivity index (χ3v) is 7.41. The monoisotopic (exact) mass is 488 g/mol. The summed E-state index contributed by atoms with van der Waals surface area (Å²) in [6, 6.07) is 3.45. The normalized spacial score (nSPS) is 21.9. The van der Waals surface area contributed by atoms with Crippen molar-refractivity contribution >= 4 is 23.4 Å². The lowest BCUT2D eigenvalue weighted by Crippen LogP contribution is -2.51. The molecule has 3 aliphatic heterocycles. The first-order valence-electron chi connectivity index (χ1n) is 12.2. The molecule has 192 valence electrons. The van der Waals surface area contributed by atoms with E-state index in [9.17, 15) is 14.4 Å². The van der Waals surface area contributed by atoms with Gasteiger partial charge in [-0.05, 0) is 19.9 Å². The number of likely N-dealkylation sites (N-methyl/N-ethyl adjacent to an activating group) is 1. The molecule has 3 fully saturated rings. The van der Waals surface area contributed by atoms with Gasteiger partial charge in [-0.2, -0.15) is 0 Å². The summed E-state index contributed by atoms with van der Waals surface area (Å²) in [5, 5.41) is 0. The minimum Gasteiger partial charge on any atom is -0.493 e. The summed E-state index contributed by atoms with van der Waals surface area (Å²) >= 11 is 0. The topological polar surface area (TPSA) is 91.9 Å². The second kappa shape index (κ2) is 10.7. The van der Waals surface area contributed by atoms with Crippen LogP contribution in [0.3, 0.4) is 0 Å². The molecule has 3 heterocycles. The lowest BCUT2D eigenvalue weighted by Gasteiger charge is -2.38. The smallest absolute Gasteiger partial charge is 0.228 e. The third kappa shape index (κ3) is 5.17. The highest BCUT2D eigenvalue weighted by Gasteiger charge is 2.39. The number of rotatable bonds is 6. The zero-order valence-corrected chi connectivity index (χ0v) is 21.1. The fourth-order valence-corrected chi connectivity index (χ4v) is 5.24. The van der Waals surface area contributed by atoms with E-state index in [2.05, 4.69) is 11.9 Å². The van der Waals surface area contributed by atoms with E-state index in [0.29, 0.717) is 55.4 Å². The van der Waals surface area contributed by atoms with Gasteiger partial charge in [-0.15, -0.1) is 0 Å². The molecule has 10 heteroatoms. The predicted octanol–water partition coefficient (Wildman–Crippen LogP) is 1.08. The fraction of sp³-hybridized carbons (Fsp3) is 0.640. The van der Waals surface area contributed by atoms with Crippen LogP contribution in [0.2, 0.25) is 0 Å². The van der Waals surface area contributed by atoms with E-state index in [4.69, 9.17) is 14.2 Å². The number of likely N-dealkylation sites (tertiary alicyclic amines) is 1. The molecule has 0 aromatic heterocycles. The van der Waals surface area contributed by atoms with Crippen molar-refractivity contribution in [2.24, 2.45) is 11.8 Å². The van der Waals surface area contributed by atoms with Gasteiger partial charge in [-0.3, -0.25) is 14.4 Å². The Balaban J connectivity index is 1.36. The van der Waals surface area contributed by atoms with Gasteiger partial charge in [0, 0.05) is 70.3 Å². The van der Waals surface area contributed by atoms with Gasteiger partial charge in [0.2, 0.25) is 23.5 Å². The number of amides is 3. The number of piperazine rings is 1. The van der Waals surface area contributed by atoms with E-state index in [1.807, 2.05) is 9.80 Å². The summed E-state index contributed by atoms with van der Waals surface area (Å²) in [7, 11) is 6.65. The van der Waals surface area contributed by atoms with E-state index >= 15 is 0 Å². The van der Waals surface area contributed by atoms with Crippen molar-refractivity contribution in [3.05, 3.63) is 12.1 Å². The van der Waals surface area contributed by atoms with E-state index in [1.165, 1.54) is 21.3 Å². The standard InChI is InChI=1S/C25H36N4O6/c1-26-9-11-28(12-10-26)24(31)17-5-7-27(8-6-17)25(32)18-13-22(30)29(16-18)19-14-20(33-2)23(35-4)21(15-19)34-3/h14-15,17-18H,5-13,16H2,1-4H3. The van der Waals surface area contributed by atoms with E-state index < -0.39 is 5.92 Å². The van der Waals surface area contributed by atoms with Crippen LogP contribution in [-0.4, -0.2) is 107 Å². The van der Waals surface area contributed by atoms with Gasteiger partial charge >= 0.3 is 0 Å². The van der Waals surface area contributed by atoms with Gasteiger partial charge in [-0.1, -0.05) is 0 Å². The molecule has 0 N–H and O–H groups in total. The number of methoxy groups -OCH3 is 3. The second-order valence-electron chi connectivity index (χ2n) is 9.52. The third-order valence-electron chi connectivity index (χ3n) is 7.41. The van der Waals surface area contributed by atoms with Crippen molar-refractivity contribution in [1.82, 2.24) is 14.7 Å². The SMILES string of the molecule is COc1cc(N2CC(C(=O)N3CCC(C(=O)N4CCN(C)CC4)CC3)CC2=O)cc(OC)c1OC. The molecule has 35 heavy (non-hydrogen) atoms. The molecule has 3 saturated heterocycles. The Morgan fingerprint density at radius 2 is 1.34 bits per heavy atom. The molecule has 10 nitrogen and oxygen atoms in total. The number of carbonyl (C=O) groups is 3. The number of carbonyl (C=O) groups excluding carboxylic acids is 3. The Labute approximate surface area is 206 Å². The number of benzene rings is 1. The Kier molecular flexibility index (Phi) is 7.69. The van der Waals surface area contributed by atoms with Gasteiger partial charge in [0.15, 0.2) is 11.5 Å². The molecule has 3 amide bonds. The van der Waals surface area contributed by atoms with Gasteiger partial charge in [0.05, 0.1) is 32.9 Å². The molecule has 0 bridgehead atoms. The molecular weight excluding hydrogens is 452 g/mol. The minimum absolute atomic E-state index is 0.0150. The number of hydrogen-bond acceptors (Lipinski definition) is 7. The Morgan fingerprint density at radius 3 is 1.89 bits per heavy atom. The highest BCUT2D eigenvalue weighted by molar-refractivity contribution is 6.00. The average Bonchev–Trinajstić information content (AvgIpc) is 3.28. The predicted molar refractivity (Wildman–Crippen MR) is 130 cm³/mol. The Morgan fingerprint density at radius 1 is 0.800 bits per heavy atom. The van der Waals surface area contributed by atoms with Crippen LogP contribution in [0.1, 0.15) is 19.3 Å². The van der Waals surface area contributed by atoms with Crippen LogP contribution in [0.5, 0.6) is 17.2 Å². The highest BCUT2D eigenvalue weighted by atomic mass is 16.5. The van der Waals surface area contributed by atoms with Crippen LogP contribution in [0.4, 0.5) is 5.69 Å². The van der Waals surface area contributed by atoms with Crippen LogP contribution in [0, 0.1) is 11.8 Å². The van der Waals surface area contributed by atoms with Crippen LogP contribution in [-0.2, 0) is 14.4 Å². The van der Waals surface area contributed by atoms with E-state index in [0.717, 1.165) is 26.2 Å². The summed E-state index contributed by atoms with van der Waals surface area (Å²) in [4.78, 5) is 46.7. The number of nitrogens with zero attached hydrogens (tertiary/aromatic N) is 4. The summed E-state index contributed by atoms with van der Waals surface area (Å²) < 4.78 is 16.2. The maximum atomic E-state index is 13.3. The first-order valence-corrected chi connectivity index (χ1v) is 12.2. The maximum absolute atomic E-state index is 13.3. The quantitative estimate of drug-likeness (QED) is 0.592. The van der Waals surface area contributed by atoms with Gasteiger partial charge in [0.25, 0.3) is 0 Å². The van der Waals surface area contributed by atoms with Gasteiger partial charge in [-0.25, -0.2) is 0 Å². The molecule has 3 aliphatic rings. The van der Waals surface area contributed by atoms with Crippen molar-refractivity contribution in [2.45, 2.75) is 19.3 Å². The fourth-order valence-electron chi connectivity index (χ4n) is 5.24. The molecule has 1 aromatic rings. The molecule has 0 saturated carbocycles. The second-order valence-corrected chi connectivity index (χ2v) is 9.52. The molecule has 4 rings (SSSR count). The molecule has 1 unspecified atom stereocenters. The average molecular weight is 489 g/mol. The van der Waals surface area contributed by atoms with Crippen LogP contribution in [0.25, 0.3) is 0 Å². The largest absolute Gasteiger partial charge is 0.493 e. The van der Waals surface area contributed by atoms with Gasteiger partial charge in [0.1, 0.15) is 0 Å². The zero-order chi connectivity index (χ0) is 25.1. The van der Waals surface area contributed by atoms with Crippen LogP contribution >= 0.6 is 0 Å². The molecule has 0 aliphatic carbocycles. The van der Waals surface area contributed by atoms with Crippen LogP contribution < -0.4 is 19.1 Å². The maximum Gasteiger partial charge on any atom is 0.228 e. The number of hydrogen-bond donors (Lipinski definition) is 0. The molecule has 0 spiro atoms. The minimum atomic E-state index is -0.411. The van der Waals surface area contributed by atoms with E-state index in [1.54, 1.807) is 17.0 Å². The van der Waals surface area contributed by atoms with Crippen molar-refractivity contribution in [2.75, 3.05) is 79.1 Å². The Hall–Kier alpha value is -3.01. The molecule has 1 aromatic carbocycles. The summed E-state index contributed by atoms with van der Waals surface area (Å²) in [5.74, 6) is 1.02. The molecular formula is C25H36N4O6. The summed E-state index contributed by atoms with van der Waals surface area (Å²) in [5.41, 5.74) is 0.608. The van der Waals surface area contributed by atoms with Gasteiger partial charge < -0.3 is 33.8 Å². The van der Waals surface area contributed by atoms with Crippen molar-refractivity contribution in [3.63, 3.8) is 0 Å². The lowest BCUT2D eigenvalue weighted by atomic mass is 9.93. The lowest BCUT2D eigenvalue weighted by molar-refractivity contribution is -0.143. The van der Waals surface area contributed by atoms with Crippen molar-refractivity contribution < 1.29 is 28.6 Å². The zero-order valence-electron chi connectivity index (χ0n) is 21.1. The Bertz CT molecular complexity index is 928. The summed E-state index contributed by atoms with van der Waals surface area (Å²) in [6.07, 6.45) is 1.51. The number of anilines is 1. The van der Waals surface area contributed by atoms with Crippen molar-refractivity contribution in [1.29, 1.82) is 0 Å². The summed E-state index contributed by atoms with van der Waals surface area (Å²) in [6.45, 7) is 4.76.